The van der Waals surface area contributed by atoms with Gasteiger partial charge in [0.05, 0.1) is 17.0 Å². The maximum atomic E-state index is 11.8. The minimum Gasteiger partial charge on any atom is -0.397 e. The van der Waals surface area contributed by atoms with E-state index in [0.717, 1.165) is 0 Å². The van der Waals surface area contributed by atoms with Crippen molar-refractivity contribution in [1.29, 1.82) is 0 Å². The van der Waals surface area contributed by atoms with Crippen molar-refractivity contribution in [2.45, 2.75) is 19.9 Å². The van der Waals surface area contributed by atoms with Crippen molar-refractivity contribution >= 4 is 28.9 Å². The highest BCUT2D eigenvalue weighted by molar-refractivity contribution is 6.33. The van der Waals surface area contributed by atoms with E-state index in [1.54, 1.807) is 25.1 Å². The average molecular weight is 307 g/mol. The first-order valence-corrected chi connectivity index (χ1v) is 6.71. The van der Waals surface area contributed by atoms with E-state index in [0.29, 0.717) is 22.1 Å². The van der Waals surface area contributed by atoms with Gasteiger partial charge in [0.1, 0.15) is 0 Å². The fraction of sp³-hybridized carbons (Fsp3) is 0.214. The highest BCUT2D eigenvalue weighted by Gasteiger charge is 2.05. The molecular formula is C14H15ClN4O2. The van der Waals surface area contributed by atoms with Gasteiger partial charge in [-0.15, -0.1) is 0 Å². The average Bonchev–Trinajstić information content (AvgIpc) is 2.42. The van der Waals surface area contributed by atoms with Crippen LogP contribution in [0.25, 0.3) is 0 Å². The van der Waals surface area contributed by atoms with E-state index < -0.39 is 0 Å². The third-order valence-electron chi connectivity index (χ3n) is 2.88. The van der Waals surface area contributed by atoms with Crippen molar-refractivity contribution in [3.05, 3.63) is 51.7 Å². The number of halogens is 1. The molecule has 0 aliphatic carbocycles. The Morgan fingerprint density at radius 3 is 2.86 bits per heavy atom. The van der Waals surface area contributed by atoms with Gasteiger partial charge in [-0.3, -0.25) is 14.2 Å². The SMILES string of the molecule is Cc1cc(=O)n(CCC(=O)Nc2ccc(Cl)c(N)c2)cn1. The molecule has 1 heterocycles. The number of carbonyl (C=O) groups excluding carboxylic acids is 1. The first-order chi connectivity index (χ1) is 9.95. The summed E-state index contributed by atoms with van der Waals surface area (Å²) >= 11 is 5.81. The molecule has 0 bridgehead atoms. The van der Waals surface area contributed by atoms with Gasteiger partial charge in [-0.05, 0) is 25.1 Å². The Labute approximate surface area is 126 Å². The molecule has 1 aromatic heterocycles. The molecule has 0 saturated heterocycles. The van der Waals surface area contributed by atoms with E-state index in [9.17, 15) is 9.59 Å². The Hall–Kier alpha value is -2.34. The van der Waals surface area contributed by atoms with E-state index >= 15 is 0 Å². The predicted molar refractivity (Wildman–Crippen MR) is 82.3 cm³/mol. The largest absolute Gasteiger partial charge is 0.397 e. The summed E-state index contributed by atoms with van der Waals surface area (Å²) < 4.78 is 1.39. The molecule has 0 aliphatic heterocycles. The Kier molecular flexibility index (Phi) is 4.59. The predicted octanol–water partition coefficient (Wildman–Crippen LogP) is 1.82. The summed E-state index contributed by atoms with van der Waals surface area (Å²) in [5.74, 6) is -0.218. The Morgan fingerprint density at radius 1 is 1.43 bits per heavy atom. The lowest BCUT2D eigenvalue weighted by Gasteiger charge is -2.08. The second kappa shape index (κ2) is 6.41. The van der Waals surface area contributed by atoms with Gasteiger partial charge in [-0.25, -0.2) is 4.98 Å². The van der Waals surface area contributed by atoms with Gasteiger partial charge in [-0.1, -0.05) is 11.6 Å². The van der Waals surface area contributed by atoms with Crippen LogP contribution in [0.1, 0.15) is 12.1 Å². The number of carbonyl (C=O) groups is 1. The number of benzene rings is 1. The van der Waals surface area contributed by atoms with Crippen molar-refractivity contribution in [1.82, 2.24) is 9.55 Å². The van der Waals surface area contributed by atoms with Crippen LogP contribution in [-0.2, 0) is 11.3 Å². The number of rotatable bonds is 4. The number of amides is 1. The lowest BCUT2D eigenvalue weighted by molar-refractivity contribution is -0.116. The van der Waals surface area contributed by atoms with E-state index in [1.807, 2.05) is 0 Å². The Morgan fingerprint density at radius 2 is 2.19 bits per heavy atom. The molecule has 1 aromatic carbocycles. The fourth-order valence-corrected chi connectivity index (χ4v) is 1.87. The van der Waals surface area contributed by atoms with E-state index in [2.05, 4.69) is 10.3 Å². The van der Waals surface area contributed by atoms with Crippen molar-refractivity contribution in [2.75, 3.05) is 11.1 Å². The molecule has 6 nitrogen and oxygen atoms in total. The molecule has 21 heavy (non-hydrogen) atoms. The zero-order chi connectivity index (χ0) is 15.4. The van der Waals surface area contributed by atoms with E-state index in [4.69, 9.17) is 17.3 Å². The normalized spacial score (nSPS) is 10.4. The number of hydrogen-bond acceptors (Lipinski definition) is 4. The van der Waals surface area contributed by atoms with Crippen LogP contribution >= 0.6 is 11.6 Å². The maximum absolute atomic E-state index is 11.8. The van der Waals surface area contributed by atoms with Gasteiger partial charge in [0, 0.05) is 30.4 Å². The fourth-order valence-electron chi connectivity index (χ4n) is 1.75. The summed E-state index contributed by atoms with van der Waals surface area (Å²) in [7, 11) is 0. The van der Waals surface area contributed by atoms with Gasteiger partial charge >= 0.3 is 0 Å². The van der Waals surface area contributed by atoms with Crippen LogP contribution in [0.2, 0.25) is 5.02 Å². The Bertz CT molecular complexity index is 727. The molecule has 0 spiro atoms. The summed E-state index contributed by atoms with van der Waals surface area (Å²) in [6.45, 7) is 2.00. The number of hydrogen-bond donors (Lipinski definition) is 2. The van der Waals surface area contributed by atoms with Crippen LogP contribution < -0.4 is 16.6 Å². The van der Waals surface area contributed by atoms with Crippen molar-refractivity contribution in [2.24, 2.45) is 0 Å². The molecule has 1 amide bonds. The van der Waals surface area contributed by atoms with Gasteiger partial charge in [0.25, 0.3) is 5.56 Å². The van der Waals surface area contributed by atoms with Crippen LogP contribution in [0.4, 0.5) is 11.4 Å². The summed E-state index contributed by atoms with van der Waals surface area (Å²) in [5.41, 5.74) is 7.10. The highest BCUT2D eigenvalue weighted by Crippen LogP contribution is 2.22. The monoisotopic (exact) mass is 306 g/mol. The van der Waals surface area contributed by atoms with Crippen LogP contribution in [0.15, 0.2) is 35.4 Å². The molecule has 2 rings (SSSR count). The molecule has 2 aromatic rings. The molecule has 0 fully saturated rings. The molecular weight excluding hydrogens is 292 g/mol. The highest BCUT2D eigenvalue weighted by atomic mass is 35.5. The van der Waals surface area contributed by atoms with Crippen LogP contribution in [0, 0.1) is 6.92 Å². The molecule has 0 saturated carbocycles. The second-order valence-corrected chi connectivity index (χ2v) is 5.00. The number of aromatic nitrogens is 2. The first-order valence-electron chi connectivity index (χ1n) is 6.33. The minimum absolute atomic E-state index is 0.160. The zero-order valence-corrected chi connectivity index (χ0v) is 12.2. The topological polar surface area (TPSA) is 90.0 Å². The summed E-state index contributed by atoms with van der Waals surface area (Å²) in [6, 6.07) is 6.29. The smallest absolute Gasteiger partial charge is 0.253 e. The molecule has 0 aliphatic rings. The summed E-state index contributed by atoms with van der Waals surface area (Å²) in [5, 5.41) is 3.13. The van der Waals surface area contributed by atoms with Crippen molar-refractivity contribution in [3.63, 3.8) is 0 Å². The van der Waals surface area contributed by atoms with Gasteiger partial charge in [0.15, 0.2) is 0 Å². The molecule has 7 heteroatoms. The number of nitrogens with two attached hydrogens (primary N) is 1. The van der Waals surface area contributed by atoms with E-state index in [1.165, 1.54) is 17.0 Å². The minimum atomic E-state index is -0.218. The molecule has 110 valence electrons. The molecule has 0 atom stereocenters. The van der Waals surface area contributed by atoms with Gasteiger partial charge in [0.2, 0.25) is 5.91 Å². The Balaban J connectivity index is 1.95. The second-order valence-electron chi connectivity index (χ2n) is 4.60. The third kappa shape index (κ3) is 4.06. The number of aryl methyl sites for hydroxylation is 2. The lowest BCUT2D eigenvalue weighted by Crippen LogP contribution is -2.23. The van der Waals surface area contributed by atoms with Crippen molar-refractivity contribution in [3.8, 4) is 0 Å². The first kappa shape index (κ1) is 15.1. The number of nitrogen functional groups attached to an aromatic ring is 1. The van der Waals surface area contributed by atoms with Crippen LogP contribution in [0.3, 0.4) is 0 Å². The van der Waals surface area contributed by atoms with E-state index in [-0.39, 0.29) is 24.4 Å². The van der Waals surface area contributed by atoms with Crippen LogP contribution in [0.5, 0.6) is 0 Å². The van der Waals surface area contributed by atoms with Gasteiger partial charge in [-0.2, -0.15) is 0 Å². The van der Waals surface area contributed by atoms with Gasteiger partial charge < -0.3 is 11.1 Å². The zero-order valence-electron chi connectivity index (χ0n) is 11.5. The lowest BCUT2D eigenvalue weighted by atomic mass is 10.2. The number of nitrogens with one attached hydrogen (secondary N) is 1. The number of nitrogens with zero attached hydrogens (tertiary/aromatic N) is 2. The number of anilines is 2. The summed E-state index contributed by atoms with van der Waals surface area (Å²) in [4.78, 5) is 27.5. The standard InChI is InChI=1S/C14H15ClN4O2/c1-9-6-14(21)19(8-17-9)5-4-13(20)18-10-2-3-11(15)12(16)7-10/h2-3,6-8H,4-5,16H2,1H3,(H,18,20). The summed E-state index contributed by atoms with van der Waals surface area (Å²) in [6.07, 6.45) is 1.60. The third-order valence-corrected chi connectivity index (χ3v) is 3.22. The molecule has 0 radical (unpaired) electrons. The van der Waals surface area contributed by atoms with Crippen molar-refractivity contribution < 1.29 is 4.79 Å². The maximum Gasteiger partial charge on any atom is 0.253 e. The quantitative estimate of drug-likeness (QED) is 0.843. The molecule has 0 unspecified atom stereocenters. The van der Waals surface area contributed by atoms with Crippen LogP contribution in [-0.4, -0.2) is 15.5 Å². The molecule has 3 N–H and O–H groups in total.